The molecule has 1 amide bonds. The molecule has 2 rings (SSSR count). The Morgan fingerprint density at radius 3 is 2.68 bits per heavy atom. The van der Waals surface area contributed by atoms with E-state index in [2.05, 4.69) is 15.5 Å². The van der Waals surface area contributed by atoms with Gasteiger partial charge in [0.25, 0.3) is 0 Å². The summed E-state index contributed by atoms with van der Waals surface area (Å²) < 4.78 is 5.04. The van der Waals surface area contributed by atoms with Crippen molar-refractivity contribution in [3.8, 4) is 0 Å². The molecule has 0 aromatic heterocycles. The van der Waals surface area contributed by atoms with Gasteiger partial charge in [0.05, 0.1) is 12.6 Å². The zero-order valence-corrected chi connectivity index (χ0v) is 15.3. The van der Waals surface area contributed by atoms with Crippen molar-refractivity contribution in [3.05, 3.63) is 0 Å². The van der Waals surface area contributed by atoms with Gasteiger partial charge in [-0.15, -0.1) is 24.8 Å². The average Bonchev–Trinajstić information content (AvgIpc) is 2.89. The maximum atomic E-state index is 12.2. The number of nitrogens with one attached hydrogen (secondary N) is 2. The van der Waals surface area contributed by atoms with Crippen molar-refractivity contribution in [2.75, 3.05) is 40.4 Å². The van der Waals surface area contributed by atoms with Crippen LogP contribution in [-0.4, -0.2) is 63.3 Å². The second-order valence-corrected chi connectivity index (χ2v) is 6.19. The molecule has 1 aliphatic carbocycles. The van der Waals surface area contributed by atoms with Crippen molar-refractivity contribution in [1.82, 2.24) is 15.5 Å². The zero-order valence-electron chi connectivity index (χ0n) is 13.7. The molecule has 7 heteroatoms. The van der Waals surface area contributed by atoms with E-state index in [0.717, 1.165) is 32.0 Å². The van der Waals surface area contributed by atoms with Crippen molar-refractivity contribution >= 4 is 30.7 Å². The Bertz CT molecular complexity index is 307. The summed E-state index contributed by atoms with van der Waals surface area (Å²) in [6, 6.07) is 0.622. The minimum atomic E-state index is 0. The van der Waals surface area contributed by atoms with E-state index in [9.17, 15) is 4.79 Å². The third-order valence-electron chi connectivity index (χ3n) is 4.65. The number of nitrogens with zero attached hydrogens (tertiary/aromatic N) is 1. The van der Waals surface area contributed by atoms with Crippen LogP contribution in [0.15, 0.2) is 0 Å². The monoisotopic (exact) mass is 355 g/mol. The molecule has 0 radical (unpaired) electrons. The van der Waals surface area contributed by atoms with Crippen LogP contribution in [0, 0.1) is 5.92 Å². The SMILES string of the molecule is COCCN(C)CCNC(=O)C1CC2CCCCC2N1.Cl.Cl. The lowest BCUT2D eigenvalue weighted by atomic mass is 9.85. The molecule has 1 saturated heterocycles. The van der Waals surface area contributed by atoms with Crippen molar-refractivity contribution < 1.29 is 9.53 Å². The van der Waals surface area contributed by atoms with Gasteiger partial charge in [0.1, 0.15) is 0 Å². The highest BCUT2D eigenvalue weighted by Gasteiger charge is 2.37. The fourth-order valence-electron chi connectivity index (χ4n) is 3.37. The summed E-state index contributed by atoms with van der Waals surface area (Å²) in [5.41, 5.74) is 0. The van der Waals surface area contributed by atoms with Crippen LogP contribution in [0.5, 0.6) is 0 Å². The van der Waals surface area contributed by atoms with Gasteiger partial charge in [-0.3, -0.25) is 4.79 Å². The number of fused-ring (bicyclic) bond motifs is 1. The molecule has 3 atom stereocenters. The largest absolute Gasteiger partial charge is 0.383 e. The van der Waals surface area contributed by atoms with Gasteiger partial charge in [0.15, 0.2) is 0 Å². The van der Waals surface area contributed by atoms with Crippen LogP contribution < -0.4 is 10.6 Å². The van der Waals surface area contributed by atoms with E-state index < -0.39 is 0 Å². The smallest absolute Gasteiger partial charge is 0.237 e. The molecule has 22 heavy (non-hydrogen) atoms. The van der Waals surface area contributed by atoms with E-state index in [1.165, 1.54) is 25.7 Å². The number of ether oxygens (including phenoxy) is 1. The molecule has 5 nitrogen and oxygen atoms in total. The summed E-state index contributed by atoms with van der Waals surface area (Å²) in [5.74, 6) is 0.906. The van der Waals surface area contributed by atoms with Crippen LogP contribution in [0.4, 0.5) is 0 Å². The number of hydrogen-bond donors (Lipinski definition) is 2. The highest BCUT2D eigenvalue weighted by atomic mass is 35.5. The Hall–Kier alpha value is -0.0700. The molecule has 2 aliphatic rings. The predicted molar refractivity (Wildman–Crippen MR) is 94.2 cm³/mol. The molecule has 0 spiro atoms. The first-order valence-corrected chi connectivity index (χ1v) is 7.92. The first-order valence-electron chi connectivity index (χ1n) is 7.92. The third kappa shape index (κ3) is 6.59. The van der Waals surface area contributed by atoms with Gasteiger partial charge >= 0.3 is 0 Å². The molecule has 2 fully saturated rings. The predicted octanol–water partition coefficient (Wildman–Crippen LogP) is 1.45. The summed E-state index contributed by atoms with van der Waals surface area (Å²) >= 11 is 0. The second-order valence-electron chi connectivity index (χ2n) is 6.19. The number of likely N-dealkylation sites (N-methyl/N-ethyl adjacent to an activating group) is 1. The van der Waals surface area contributed by atoms with Crippen LogP contribution in [0.1, 0.15) is 32.1 Å². The van der Waals surface area contributed by atoms with Gasteiger partial charge in [-0.2, -0.15) is 0 Å². The van der Waals surface area contributed by atoms with Gasteiger partial charge in [0, 0.05) is 32.8 Å². The molecule has 3 unspecified atom stereocenters. The van der Waals surface area contributed by atoms with Crippen LogP contribution in [0.2, 0.25) is 0 Å². The molecule has 0 bridgehead atoms. The Labute approximate surface area is 146 Å². The Morgan fingerprint density at radius 1 is 1.27 bits per heavy atom. The van der Waals surface area contributed by atoms with Gasteiger partial charge in [-0.05, 0) is 32.2 Å². The van der Waals surface area contributed by atoms with Crippen LogP contribution >= 0.6 is 24.8 Å². The zero-order chi connectivity index (χ0) is 14.4. The minimum Gasteiger partial charge on any atom is -0.383 e. The number of amides is 1. The molecule has 0 aromatic carbocycles. The number of methoxy groups -OCH3 is 1. The summed E-state index contributed by atoms with van der Waals surface area (Å²) in [7, 11) is 3.76. The standard InChI is InChI=1S/C15H29N3O2.2ClH/c1-18(9-10-20-2)8-7-16-15(19)14-11-12-5-3-4-6-13(12)17-14;;/h12-14,17H,3-11H2,1-2H3,(H,16,19);2*1H. The lowest BCUT2D eigenvalue weighted by Gasteiger charge is -2.24. The number of carbonyl (C=O) groups excluding carboxylic acids is 1. The van der Waals surface area contributed by atoms with Gasteiger partial charge in [0.2, 0.25) is 5.91 Å². The van der Waals surface area contributed by atoms with Gasteiger partial charge in [-0.1, -0.05) is 12.8 Å². The van der Waals surface area contributed by atoms with Crippen LogP contribution in [-0.2, 0) is 9.53 Å². The van der Waals surface area contributed by atoms with Crippen molar-refractivity contribution in [2.45, 2.75) is 44.2 Å². The molecule has 1 saturated carbocycles. The number of hydrogen-bond acceptors (Lipinski definition) is 4. The third-order valence-corrected chi connectivity index (χ3v) is 4.65. The highest BCUT2D eigenvalue weighted by Crippen LogP contribution is 2.33. The van der Waals surface area contributed by atoms with Crippen molar-refractivity contribution in [3.63, 3.8) is 0 Å². The minimum absolute atomic E-state index is 0. The Kier molecular flexibility index (Phi) is 11.4. The second kappa shape index (κ2) is 11.5. The Balaban J connectivity index is 0.00000220. The van der Waals surface area contributed by atoms with Crippen molar-refractivity contribution in [1.29, 1.82) is 0 Å². The van der Waals surface area contributed by atoms with Crippen molar-refractivity contribution in [2.24, 2.45) is 5.92 Å². The van der Waals surface area contributed by atoms with E-state index >= 15 is 0 Å². The summed E-state index contributed by atoms with van der Waals surface area (Å²) in [6.07, 6.45) is 6.21. The molecule has 1 aliphatic heterocycles. The molecular weight excluding hydrogens is 325 g/mol. The Morgan fingerprint density at radius 2 is 2.00 bits per heavy atom. The first kappa shape index (κ1) is 21.9. The van der Waals surface area contributed by atoms with Gasteiger partial charge < -0.3 is 20.3 Å². The molecule has 1 heterocycles. The maximum Gasteiger partial charge on any atom is 0.237 e. The molecular formula is C15H31Cl2N3O2. The lowest BCUT2D eigenvalue weighted by Crippen LogP contribution is -2.45. The van der Waals surface area contributed by atoms with Crippen LogP contribution in [0.25, 0.3) is 0 Å². The summed E-state index contributed by atoms with van der Waals surface area (Å²) in [5, 5.41) is 6.58. The molecule has 2 N–H and O–H groups in total. The van der Waals surface area contributed by atoms with E-state index in [0.29, 0.717) is 12.6 Å². The molecule has 132 valence electrons. The van der Waals surface area contributed by atoms with E-state index in [1.807, 2.05) is 7.05 Å². The quantitative estimate of drug-likeness (QED) is 0.725. The average molecular weight is 356 g/mol. The fourth-order valence-corrected chi connectivity index (χ4v) is 3.37. The fraction of sp³-hybridized carbons (Fsp3) is 0.933. The number of rotatable bonds is 7. The van der Waals surface area contributed by atoms with E-state index in [4.69, 9.17) is 4.74 Å². The first-order chi connectivity index (χ1) is 9.70. The topological polar surface area (TPSA) is 53.6 Å². The summed E-state index contributed by atoms with van der Waals surface area (Å²) in [4.78, 5) is 14.3. The lowest BCUT2D eigenvalue weighted by molar-refractivity contribution is -0.122. The normalized spacial score (nSPS) is 26.8. The van der Waals surface area contributed by atoms with E-state index in [-0.39, 0.29) is 36.8 Å². The maximum absolute atomic E-state index is 12.2. The van der Waals surface area contributed by atoms with E-state index in [1.54, 1.807) is 7.11 Å². The van der Waals surface area contributed by atoms with Gasteiger partial charge in [-0.25, -0.2) is 0 Å². The molecule has 0 aromatic rings. The van der Waals surface area contributed by atoms with Crippen LogP contribution in [0.3, 0.4) is 0 Å². The number of halogens is 2. The number of carbonyl (C=O) groups is 1. The highest BCUT2D eigenvalue weighted by molar-refractivity contribution is 5.85. The summed E-state index contributed by atoms with van der Waals surface area (Å²) in [6.45, 7) is 3.22.